The third kappa shape index (κ3) is 3.78. The van der Waals surface area contributed by atoms with E-state index in [9.17, 15) is 5.11 Å². The van der Waals surface area contributed by atoms with Gasteiger partial charge < -0.3 is 5.11 Å². The summed E-state index contributed by atoms with van der Waals surface area (Å²) < 4.78 is 1.10. The van der Waals surface area contributed by atoms with Crippen molar-refractivity contribution < 1.29 is 5.11 Å². The van der Waals surface area contributed by atoms with Crippen molar-refractivity contribution in [1.82, 2.24) is 4.90 Å². The number of nitrogens with zero attached hydrogens (tertiary/aromatic N) is 1. The topological polar surface area (TPSA) is 23.5 Å². The summed E-state index contributed by atoms with van der Waals surface area (Å²) in [6.07, 6.45) is 0.382. The van der Waals surface area contributed by atoms with Crippen LogP contribution in [0, 0.1) is 0 Å². The molecule has 17 heavy (non-hydrogen) atoms. The first-order chi connectivity index (χ1) is 7.91. The molecule has 4 heteroatoms. The fraction of sp³-hybridized carbons (Fsp3) is 0.692. The lowest BCUT2D eigenvalue weighted by atomic mass is 9.92. The van der Waals surface area contributed by atoms with Gasteiger partial charge in [-0.1, -0.05) is 13.8 Å². The number of halogens is 1. The highest BCUT2D eigenvalue weighted by molar-refractivity contribution is 9.10. The summed E-state index contributed by atoms with van der Waals surface area (Å²) in [6, 6.07) is 2.09. The van der Waals surface area contributed by atoms with Crippen LogP contribution in [0.2, 0.25) is 0 Å². The summed E-state index contributed by atoms with van der Waals surface area (Å²) in [6.45, 7) is 10.4. The predicted octanol–water partition coefficient (Wildman–Crippen LogP) is 3.53. The van der Waals surface area contributed by atoms with Gasteiger partial charge in [-0.15, -0.1) is 11.3 Å². The van der Waals surface area contributed by atoms with Crippen molar-refractivity contribution in [2.45, 2.75) is 45.8 Å². The molecule has 0 aliphatic heterocycles. The molecule has 2 nitrogen and oxygen atoms in total. The molecule has 0 aliphatic carbocycles. The molecule has 0 bridgehead atoms. The van der Waals surface area contributed by atoms with Crippen LogP contribution in [0.1, 0.15) is 32.6 Å². The molecular formula is C13H22BrNOS. The molecule has 1 rings (SSSR count). The molecule has 0 fully saturated rings. The SMILES string of the molecule is CCN(CC)C(C)(C)C(O)Cc1cc(Br)cs1. The maximum atomic E-state index is 10.4. The van der Waals surface area contributed by atoms with Crippen molar-refractivity contribution in [1.29, 1.82) is 0 Å². The highest BCUT2D eigenvalue weighted by atomic mass is 79.9. The molecule has 1 atom stereocenters. The van der Waals surface area contributed by atoms with E-state index in [2.05, 4.69) is 60.0 Å². The molecule has 0 amide bonds. The van der Waals surface area contributed by atoms with Crippen molar-refractivity contribution in [2.75, 3.05) is 13.1 Å². The van der Waals surface area contributed by atoms with Gasteiger partial charge in [0.25, 0.3) is 0 Å². The fourth-order valence-electron chi connectivity index (χ4n) is 2.15. The van der Waals surface area contributed by atoms with Gasteiger partial charge in [0.15, 0.2) is 0 Å². The Kier molecular flexibility index (Phi) is 5.64. The summed E-state index contributed by atoms with van der Waals surface area (Å²) >= 11 is 5.14. The van der Waals surface area contributed by atoms with Crippen LogP contribution in [0.15, 0.2) is 15.9 Å². The van der Waals surface area contributed by atoms with Gasteiger partial charge in [-0.2, -0.15) is 0 Å². The molecule has 1 aromatic heterocycles. The molecule has 1 unspecified atom stereocenters. The van der Waals surface area contributed by atoms with E-state index in [1.165, 1.54) is 4.88 Å². The molecule has 0 saturated heterocycles. The maximum absolute atomic E-state index is 10.4. The molecule has 0 aliphatic rings. The number of thiophene rings is 1. The number of rotatable bonds is 6. The van der Waals surface area contributed by atoms with E-state index < -0.39 is 0 Å². The van der Waals surface area contributed by atoms with E-state index in [0.29, 0.717) is 0 Å². The van der Waals surface area contributed by atoms with Gasteiger partial charge in [0, 0.05) is 26.7 Å². The van der Waals surface area contributed by atoms with Gasteiger partial charge in [0.05, 0.1) is 6.10 Å². The zero-order chi connectivity index (χ0) is 13.1. The number of aliphatic hydroxyl groups is 1. The average molecular weight is 320 g/mol. The molecule has 1 aromatic rings. The molecule has 1 heterocycles. The van der Waals surface area contributed by atoms with Crippen LogP contribution in [-0.4, -0.2) is 34.7 Å². The van der Waals surface area contributed by atoms with Crippen LogP contribution in [0.3, 0.4) is 0 Å². The first-order valence-corrected chi connectivity index (χ1v) is 7.75. The lowest BCUT2D eigenvalue weighted by Crippen LogP contribution is -2.53. The number of likely N-dealkylation sites (N-methyl/N-ethyl adjacent to an activating group) is 1. The van der Waals surface area contributed by atoms with E-state index >= 15 is 0 Å². The largest absolute Gasteiger partial charge is 0.391 e. The second-order valence-electron chi connectivity index (χ2n) is 4.78. The summed E-state index contributed by atoms with van der Waals surface area (Å²) in [5, 5.41) is 12.5. The summed E-state index contributed by atoms with van der Waals surface area (Å²) in [5.74, 6) is 0. The lowest BCUT2D eigenvalue weighted by Gasteiger charge is -2.40. The third-order valence-electron chi connectivity index (χ3n) is 3.41. The van der Waals surface area contributed by atoms with E-state index in [0.717, 1.165) is 24.0 Å². The molecular weight excluding hydrogens is 298 g/mol. The first kappa shape index (κ1) is 15.2. The Morgan fingerprint density at radius 1 is 1.41 bits per heavy atom. The van der Waals surface area contributed by atoms with Crippen molar-refractivity contribution in [3.63, 3.8) is 0 Å². The van der Waals surface area contributed by atoms with Crippen LogP contribution >= 0.6 is 27.3 Å². The summed E-state index contributed by atoms with van der Waals surface area (Å²) in [5.41, 5.74) is -0.181. The summed E-state index contributed by atoms with van der Waals surface area (Å²) in [7, 11) is 0. The van der Waals surface area contributed by atoms with Gasteiger partial charge in [-0.25, -0.2) is 0 Å². The van der Waals surface area contributed by atoms with Crippen molar-refractivity contribution in [3.8, 4) is 0 Å². The minimum atomic E-state index is -0.340. The first-order valence-electron chi connectivity index (χ1n) is 6.07. The van der Waals surface area contributed by atoms with Crippen molar-refractivity contribution in [2.24, 2.45) is 0 Å². The Balaban J connectivity index is 2.71. The predicted molar refractivity (Wildman–Crippen MR) is 78.7 cm³/mol. The number of hydrogen-bond acceptors (Lipinski definition) is 3. The standard InChI is InChI=1S/C13H22BrNOS/c1-5-15(6-2)13(3,4)12(16)8-11-7-10(14)9-17-11/h7,9,12,16H,5-6,8H2,1-4H3. The molecule has 0 aromatic carbocycles. The van der Waals surface area contributed by atoms with Crippen LogP contribution < -0.4 is 0 Å². The lowest BCUT2D eigenvalue weighted by molar-refractivity contribution is -0.00373. The number of hydrogen-bond donors (Lipinski definition) is 1. The molecule has 0 spiro atoms. The molecule has 0 radical (unpaired) electrons. The van der Waals surface area contributed by atoms with Crippen LogP contribution in [-0.2, 0) is 6.42 Å². The smallest absolute Gasteiger partial charge is 0.0766 e. The Morgan fingerprint density at radius 3 is 2.41 bits per heavy atom. The minimum absolute atomic E-state index is 0.181. The second-order valence-corrected chi connectivity index (χ2v) is 6.69. The normalized spacial score (nSPS) is 14.3. The Hall–Kier alpha value is 0.1000. The fourth-order valence-corrected chi connectivity index (χ4v) is 3.64. The maximum Gasteiger partial charge on any atom is 0.0766 e. The Labute approximate surface area is 117 Å². The minimum Gasteiger partial charge on any atom is -0.391 e. The molecule has 1 N–H and O–H groups in total. The molecule has 98 valence electrons. The van der Waals surface area contributed by atoms with Crippen LogP contribution in [0.25, 0.3) is 0 Å². The Morgan fingerprint density at radius 2 is 2.00 bits per heavy atom. The van der Waals surface area contributed by atoms with E-state index in [4.69, 9.17) is 0 Å². The monoisotopic (exact) mass is 319 g/mol. The van der Waals surface area contributed by atoms with Gasteiger partial charge >= 0.3 is 0 Å². The van der Waals surface area contributed by atoms with Gasteiger partial charge in [-0.05, 0) is 48.9 Å². The van der Waals surface area contributed by atoms with Gasteiger partial charge in [-0.3, -0.25) is 4.90 Å². The third-order valence-corrected chi connectivity index (χ3v) is 5.13. The highest BCUT2D eigenvalue weighted by Gasteiger charge is 2.32. The van der Waals surface area contributed by atoms with Crippen molar-refractivity contribution in [3.05, 3.63) is 20.8 Å². The zero-order valence-corrected chi connectivity index (χ0v) is 13.4. The quantitative estimate of drug-likeness (QED) is 0.867. The Bertz CT molecular complexity index is 347. The zero-order valence-electron chi connectivity index (χ0n) is 11.0. The van der Waals surface area contributed by atoms with Gasteiger partial charge in [0.2, 0.25) is 0 Å². The highest BCUT2D eigenvalue weighted by Crippen LogP contribution is 2.26. The van der Waals surface area contributed by atoms with Crippen molar-refractivity contribution >= 4 is 27.3 Å². The van der Waals surface area contributed by atoms with Crippen LogP contribution in [0.5, 0.6) is 0 Å². The summed E-state index contributed by atoms with van der Waals surface area (Å²) in [4.78, 5) is 3.53. The number of aliphatic hydroxyl groups excluding tert-OH is 1. The van der Waals surface area contributed by atoms with E-state index in [1.54, 1.807) is 11.3 Å². The molecule has 0 saturated carbocycles. The van der Waals surface area contributed by atoms with Gasteiger partial charge in [0.1, 0.15) is 0 Å². The van der Waals surface area contributed by atoms with E-state index in [1.807, 2.05) is 0 Å². The van der Waals surface area contributed by atoms with E-state index in [-0.39, 0.29) is 11.6 Å². The van der Waals surface area contributed by atoms with Crippen LogP contribution in [0.4, 0.5) is 0 Å². The average Bonchev–Trinajstić information content (AvgIpc) is 2.65. The second kappa shape index (κ2) is 6.32.